The zero-order valence-corrected chi connectivity index (χ0v) is 7.18. The van der Waals surface area contributed by atoms with E-state index in [0.29, 0.717) is 0 Å². The van der Waals surface area contributed by atoms with Crippen molar-refractivity contribution in [2.24, 2.45) is 5.73 Å². The first kappa shape index (κ1) is 8.01. The summed E-state index contributed by atoms with van der Waals surface area (Å²) >= 11 is 0. The number of nitrogens with zero attached hydrogens (tertiary/aromatic N) is 1. The Labute approximate surface area is 72.1 Å². The van der Waals surface area contributed by atoms with E-state index in [2.05, 4.69) is 5.32 Å². The first-order chi connectivity index (χ1) is 5.76. The zero-order chi connectivity index (χ0) is 8.60. The molecule has 1 atom stereocenters. The molecule has 4 heteroatoms. The lowest BCUT2D eigenvalue weighted by Gasteiger charge is -2.39. The molecule has 2 aliphatic heterocycles. The van der Waals surface area contributed by atoms with Crippen molar-refractivity contribution in [3.05, 3.63) is 0 Å². The van der Waals surface area contributed by atoms with Crippen molar-refractivity contribution >= 4 is 5.91 Å². The zero-order valence-electron chi connectivity index (χ0n) is 7.18. The Hall–Kier alpha value is -0.610. The topological polar surface area (TPSA) is 58.4 Å². The van der Waals surface area contributed by atoms with E-state index in [1.165, 1.54) is 6.42 Å². The number of nitrogens with one attached hydrogen (secondary N) is 1. The van der Waals surface area contributed by atoms with Gasteiger partial charge in [0.05, 0.1) is 6.54 Å². The van der Waals surface area contributed by atoms with E-state index in [1.807, 2.05) is 4.90 Å². The number of amides is 1. The van der Waals surface area contributed by atoms with Crippen LogP contribution < -0.4 is 11.1 Å². The molecule has 12 heavy (non-hydrogen) atoms. The lowest BCUT2D eigenvalue weighted by atomic mass is 9.87. The molecule has 4 nitrogen and oxygen atoms in total. The summed E-state index contributed by atoms with van der Waals surface area (Å²) in [6.45, 7) is 2.99. The van der Waals surface area contributed by atoms with E-state index in [1.54, 1.807) is 0 Å². The molecule has 1 spiro atoms. The van der Waals surface area contributed by atoms with Gasteiger partial charge in [0.2, 0.25) is 5.91 Å². The van der Waals surface area contributed by atoms with Gasteiger partial charge in [-0.3, -0.25) is 4.79 Å². The highest BCUT2D eigenvalue weighted by molar-refractivity contribution is 5.78. The molecule has 2 aliphatic rings. The van der Waals surface area contributed by atoms with Crippen molar-refractivity contribution in [3.8, 4) is 0 Å². The van der Waals surface area contributed by atoms with E-state index < -0.39 is 0 Å². The lowest BCUT2D eigenvalue weighted by molar-refractivity contribution is -0.129. The standard InChI is InChI=1S/C8H15N3O/c9-5-7(12)11-4-2-8(6-11)1-3-10-8/h10H,1-6,9H2. The normalized spacial score (nSPS) is 33.9. The average molecular weight is 169 g/mol. The summed E-state index contributed by atoms with van der Waals surface area (Å²) in [6, 6.07) is 0. The summed E-state index contributed by atoms with van der Waals surface area (Å²) in [4.78, 5) is 13.1. The van der Waals surface area contributed by atoms with E-state index in [0.717, 1.165) is 26.1 Å². The van der Waals surface area contributed by atoms with Gasteiger partial charge in [0, 0.05) is 18.6 Å². The van der Waals surface area contributed by atoms with E-state index in [4.69, 9.17) is 5.73 Å². The summed E-state index contributed by atoms with van der Waals surface area (Å²) in [5, 5.41) is 3.40. The second-order valence-corrected chi connectivity index (χ2v) is 3.73. The third-order valence-electron chi connectivity index (χ3n) is 2.98. The monoisotopic (exact) mass is 169 g/mol. The fourth-order valence-electron chi connectivity index (χ4n) is 2.04. The van der Waals surface area contributed by atoms with Gasteiger partial charge in [0.1, 0.15) is 0 Å². The van der Waals surface area contributed by atoms with Crippen molar-refractivity contribution in [2.45, 2.75) is 18.4 Å². The number of carbonyl (C=O) groups excluding carboxylic acids is 1. The Morgan fingerprint density at radius 3 is 2.75 bits per heavy atom. The first-order valence-corrected chi connectivity index (χ1v) is 4.49. The number of hydrogen-bond donors (Lipinski definition) is 2. The van der Waals surface area contributed by atoms with Crippen LogP contribution in [0.3, 0.4) is 0 Å². The molecule has 0 aromatic heterocycles. The van der Waals surface area contributed by atoms with Crippen LogP contribution in [0, 0.1) is 0 Å². The van der Waals surface area contributed by atoms with Gasteiger partial charge in [-0.25, -0.2) is 0 Å². The van der Waals surface area contributed by atoms with Crippen LogP contribution in [-0.4, -0.2) is 42.5 Å². The Morgan fingerprint density at radius 2 is 2.33 bits per heavy atom. The minimum Gasteiger partial charge on any atom is -0.340 e. The molecule has 2 heterocycles. The summed E-state index contributed by atoms with van der Waals surface area (Å²) in [5.41, 5.74) is 5.56. The molecule has 0 aromatic rings. The summed E-state index contributed by atoms with van der Waals surface area (Å²) in [5.74, 6) is 0.0839. The number of rotatable bonds is 1. The van der Waals surface area contributed by atoms with E-state index in [-0.39, 0.29) is 18.0 Å². The first-order valence-electron chi connectivity index (χ1n) is 4.49. The molecule has 0 radical (unpaired) electrons. The van der Waals surface area contributed by atoms with Crippen LogP contribution in [0.4, 0.5) is 0 Å². The molecule has 1 unspecified atom stereocenters. The van der Waals surface area contributed by atoms with Gasteiger partial charge in [-0.15, -0.1) is 0 Å². The Bertz CT molecular complexity index is 200. The molecule has 2 saturated heterocycles. The van der Waals surface area contributed by atoms with Gasteiger partial charge in [-0.1, -0.05) is 0 Å². The molecule has 0 bridgehead atoms. The van der Waals surface area contributed by atoms with Crippen LogP contribution >= 0.6 is 0 Å². The maximum atomic E-state index is 11.2. The van der Waals surface area contributed by atoms with Crippen molar-refractivity contribution in [3.63, 3.8) is 0 Å². The smallest absolute Gasteiger partial charge is 0.236 e. The molecule has 2 rings (SSSR count). The van der Waals surface area contributed by atoms with Gasteiger partial charge < -0.3 is 16.0 Å². The van der Waals surface area contributed by atoms with Crippen molar-refractivity contribution in [1.82, 2.24) is 10.2 Å². The van der Waals surface area contributed by atoms with Gasteiger partial charge in [0.25, 0.3) is 0 Å². The molecule has 1 amide bonds. The lowest BCUT2D eigenvalue weighted by Crippen LogP contribution is -2.58. The van der Waals surface area contributed by atoms with Gasteiger partial charge in [-0.05, 0) is 19.4 Å². The Kier molecular flexibility index (Phi) is 1.81. The van der Waals surface area contributed by atoms with Crippen LogP contribution in [0.15, 0.2) is 0 Å². The molecule has 68 valence electrons. The number of carbonyl (C=O) groups is 1. The Morgan fingerprint density at radius 1 is 1.58 bits per heavy atom. The third-order valence-corrected chi connectivity index (χ3v) is 2.98. The summed E-state index contributed by atoms with van der Waals surface area (Å²) < 4.78 is 0. The second kappa shape index (κ2) is 2.71. The quantitative estimate of drug-likeness (QED) is 0.524. The van der Waals surface area contributed by atoms with E-state index >= 15 is 0 Å². The van der Waals surface area contributed by atoms with Crippen molar-refractivity contribution in [1.29, 1.82) is 0 Å². The molecule has 0 aromatic carbocycles. The third kappa shape index (κ3) is 1.11. The SMILES string of the molecule is NCC(=O)N1CCC2(CCN2)C1. The van der Waals surface area contributed by atoms with Gasteiger partial charge in [0.15, 0.2) is 0 Å². The predicted molar refractivity (Wildman–Crippen MR) is 45.6 cm³/mol. The van der Waals surface area contributed by atoms with Crippen LogP contribution in [0.25, 0.3) is 0 Å². The highest BCUT2D eigenvalue weighted by atomic mass is 16.2. The van der Waals surface area contributed by atoms with Crippen LogP contribution in [-0.2, 0) is 4.79 Å². The molecular weight excluding hydrogens is 154 g/mol. The highest BCUT2D eigenvalue weighted by Gasteiger charge is 2.43. The van der Waals surface area contributed by atoms with Crippen LogP contribution in [0.5, 0.6) is 0 Å². The molecule has 2 fully saturated rings. The number of nitrogens with two attached hydrogens (primary N) is 1. The fourth-order valence-corrected chi connectivity index (χ4v) is 2.04. The minimum atomic E-state index is 0.0839. The predicted octanol–water partition coefficient (Wildman–Crippen LogP) is -1.09. The van der Waals surface area contributed by atoms with Gasteiger partial charge >= 0.3 is 0 Å². The Balaban J connectivity index is 1.93. The maximum Gasteiger partial charge on any atom is 0.236 e. The van der Waals surface area contributed by atoms with Gasteiger partial charge in [-0.2, -0.15) is 0 Å². The molecule has 0 aliphatic carbocycles. The fraction of sp³-hybridized carbons (Fsp3) is 0.875. The summed E-state index contributed by atoms with van der Waals surface area (Å²) in [6.07, 6.45) is 2.31. The summed E-state index contributed by atoms with van der Waals surface area (Å²) in [7, 11) is 0. The molecular formula is C8H15N3O. The minimum absolute atomic E-state index is 0.0839. The molecule has 0 saturated carbocycles. The van der Waals surface area contributed by atoms with E-state index in [9.17, 15) is 4.79 Å². The van der Waals surface area contributed by atoms with Crippen LogP contribution in [0.2, 0.25) is 0 Å². The highest BCUT2D eigenvalue weighted by Crippen LogP contribution is 2.29. The number of likely N-dealkylation sites (tertiary alicyclic amines) is 1. The van der Waals surface area contributed by atoms with Crippen molar-refractivity contribution in [2.75, 3.05) is 26.2 Å². The second-order valence-electron chi connectivity index (χ2n) is 3.73. The maximum absolute atomic E-state index is 11.2. The van der Waals surface area contributed by atoms with Crippen molar-refractivity contribution < 1.29 is 4.79 Å². The number of hydrogen-bond acceptors (Lipinski definition) is 3. The van der Waals surface area contributed by atoms with Crippen LogP contribution in [0.1, 0.15) is 12.8 Å². The largest absolute Gasteiger partial charge is 0.340 e. The average Bonchev–Trinajstić information content (AvgIpc) is 2.46. The molecule has 3 N–H and O–H groups in total.